The van der Waals surface area contributed by atoms with E-state index in [4.69, 9.17) is 0 Å². The zero-order valence-corrected chi connectivity index (χ0v) is 12.1. The van der Waals surface area contributed by atoms with Gasteiger partial charge in [-0.3, -0.25) is 4.98 Å². The van der Waals surface area contributed by atoms with Crippen LogP contribution in [0.5, 0.6) is 0 Å². The van der Waals surface area contributed by atoms with Crippen LogP contribution in [0.15, 0.2) is 54.2 Å². The summed E-state index contributed by atoms with van der Waals surface area (Å²) in [5.41, 5.74) is 0.868. The van der Waals surface area contributed by atoms with Gasteiger partial charge in [-0.15, -0.1) is 11.3 Å². The maximum Gasteiger partial charge on any atom is 0.138 e. The SMILES string of the molecule is CC(O)(c1cccc(F)c1)c1nc(-c2ccncc2)cs1. The topological polar surface area (TPSA) is 46.0 Å². The summed E-state index contributed by atoms with van der Waals surface area (Å²) in [6.45, 7) is 1.62. The molecule has 0 amide bonds. The summed E-state index contributed by atoms with van der Waals surface area (Å²) in [7, 11) is 0. The van der Waals surface area contributed by atoms with Crippen molar-refractivity contribution >= 4 is 11.3 Å². The van der Waals surface area contributed by atoms with E-state index in [0.29, 0.717) is 10.6 Å². The summed E-state index contributed by atoms with van der Waals surface area (Å²) in [4.78, 5) is 8.44. The molecule has 1 aromatic carbocycles. The number of pyridine rings is 1. The predicted molar refractivity (Wildman–Crippen MR) is 80.4 cm³/mol. The van der Waals surface area contributed by atoms with Crippen molar-refractivity contribution < 1.29 is 9.50 Å². The van der Waals surface area contributed by atoms with E-state index >= 15 is 0 Å². The summed E-state index contributed by atoms with van der Waals surface area (Å²) in [6, 6.07) is 9.66. The minimum absolute atomic E-state index is 0.376. The molecule has 0 spiro atoms. The van der Waals surface area contributed by atoms with Crippen molar-refractivity contribution in [3.8, 4) is 11.3 Å². The number of halogens is 1. The van der Waals surface area contributed by atoms with Gasteiger partial charge in [-0.05, 0) is 36.8 Å². The Morgan fingerprint density at radius 3 is 2.67 bits per heavy atom. The minimum atomic E-state index is -1.32. The average molecular weight is 300 g/mol. The van der Waals surface area contributed by atoms with Crippen LogP contribution >= 0.6 is 11.3 Å². The van der Waals surface area contributed by atoms with E-state index in [1.807, 2.05) is 17.5 Å². The maximum atomic E-state index is 13.3. The molecule has 0 radical (unpaired) electrons. The standard InChI is InChI=1S/C16H13FN2OS/c1-16(20,12-3-2-4-13(17)9-12)15-19-14(10-21-15)11-5-7-18-8-6-11/h2-10,20H,1H3. The fourth-order valence-electron chi connectivity index (χ4n) is 2.07. The predicted octanol–water partition coefficient (Wildman–Crippen LogP) is 3.60. The molecule has 0 aliphatic heterocycles. The number of aliphatic hydroxyl groups is 1. The van der Waals surface area contributed by atoms with E-state index in [9.17, 15) is 9.50 Å². The van der Waals surface area contributed by atoms with Gasteiger partial charge >= 0.3 is 0 Å². The minimum Gasteiger partial charge on any atom is -0.378 e. The van der Waals surface area contributed by atoms with Gasteiger partial charge in [0.2, 0.25) is 0 Å². The first kappa shape index (κ1) is 13.9. The number of nitrogens with zero attached hydrogens (tertiary/aromatic N) is 2. The molecule has 0 bridgehead atoms. The summed E-state index contributed by atoms with van der Waals surface area (Å²) < 4.78 is 13.3. The Labute approximate surface area is 125 Å². The molecule has 0 saturated carbocycles. The highest BCUT2D eigenvalue weighted by molar-refractivity contribution is 7.10. The molecule has 3 rings (SSSR count). The van der Waals surface area contributed by atoms with Crippen LogP contribution in [-0.4, -0.2) is 15.1 Å². The highest BCUT2D eigenvalue weighted by Crippen LogP contribution is 2.33. The Bertz CT molecular complexity index is 756. The lowest BCUT2D eigenvalue weighted by Gasteiger charge is -2.21. The fraction of sp³-hybridized carbons (Fsp3) is 0.125. The van der Waals surface area contributed by atoms with Crippen molar-refractivity contribution in [2.24, 2.45) is 0 Å². The second-order valence-electron chi connectivity index (χ2n) is 4.86. The molecule has 1 unspecified atom stereocenters. The molecule has 106 valence electrons. The van der Waals surface area contributed by atoms with Crippen LogP contribution in [-0.2, 0) is 5.60 Å². The quantitative estimate of drug-likeness (QED) is 0.804. The first-order valence-corrected chi connectivity index (χ1v) is 7.30. The second-order valence-corrected chi connectivity index (χ2v) is 5.71. The number of rotatable bonds is 3. The highest BCUT2D eigenvalue weighted by Gasteiger charge is 2.29. The van der Waals surface area contributed by atoms with E-state index in [-0.39, 0.29) is 5.82 Å². The zero-order chi connectivity index (χ0) is 14.9. The Morgan fingerprint density at radius 2 is 1.95 bits per heavy atom. The van der Waals surface area contributed by atoms with Crippen LogP contribution in [0.25, 0.3) is 11.3 Å². The van der Waals surface area contributed by atoms with Crippen molar-refractivity contribution in [2.45, 2.75) is 12.5 Å². The molecular formula is C16H13FN2OS. The Morgan fingerprint density at radius 1 is 1.19 bits per heavy atom. The van der Waals surface area contributed by atoms with Gasteiger partial charge in [-0.25, -0.2) is 9.37 Å². The largest absolute Gasteiger partial charge is 0.378 e. The van der Waals surface area contributed by atoms with Gasteiger partial charge in [0.05, 0.1) is 5.69 Å². The van der Waals surface area contributed by atoms with E-state index in [0.717, 1.165) is 11.3 Å². The fourth-order valence-corrected chi connectivity index (χ4v) is 2.98. The Kier molecular flexibility index (Phi) is 3.53. The van der Waals surface area contributed by atoms with Crippen LogP contribution in [0.4, 0.5) is 4.39 Å². The molecule has 0 fully saturated rings. The lowest BCUT2D eigenvalue weighted by molar-refractivity contribution is 0.102. The molecule has 2 aromatic heterocycles. The second kappa shape index (κ2) is 5.35. The molecule has 21 heavy (non-hydrogen) atoms. The van der Waals surface area contributed by atoms with Crippen LogP contribution in [0.3, 0.4) is 0 Å². The molecule has 0 aliphatic rings. The first-order valence-electron chi connectivity index (χ1n) is 6.42. The summed E-state index contributed by atoms with van der Waals surface area (Å²) in [6.07, 6.45) is 3.39. The van der Waals surface area contributed by atoms with E-state index in [2.05, 4.69) is 9.97 Å². The monoisotopic (exact) mass is 300 g/mol. The number of aromatic nitrogens is 2. The molecular weight excluding hydrogens is 287 g/mol. The van der Waals surface area contributed by atoms with Crippen molar-refractivity contribution in [3.05, 3.63) is 70.6 Å². The van der Waals surface area contributed by atoms with E-state index < -0.39 is 5.60 Å². The lowest BCUT2D eigenvalue weighted by Crippen LogP contribution is -2.22. The molecule has 3 aromatic rings. The third kappa shape index (κ3) is 2.70. The Hall–Kier alpha value is -2.11. The van der Waals surface area contributed by atoms with Crippen molar-refractivity contribution in [1.82, 2.24) is 9.97 Å². The first-order chi connectivity index (χ1) is 10.1. The molecule has 2 heterocycles. The van der Waals surface area contributed by atoms with Crippen LogP contribution in [0.1, 0.15) is 17.5 Å². The highest BCUT2D eigenvalue weighted by atomic mass is 32.1. The van der Waals surface area contributed by atoms with Gasteiger partial charge in [0.1, 0.15) is 16.4 Å². The van der Waals surface area contributed by atoms with Crippen molar-refractivity contribution in [3.63, 3.8) is 0 Å². The molecule has 3 nitrogen and oxygen atoms in total. The van der Waals surface area contributed by atoms with Gasteiger partial charge < -0.3 is 5.11 Å². The van der Waals surface area contributed by atoms with Crippen molar-refractivity contribution in [2.75, 3.05) is 0 Å². The Balaban J connectivity index is 1.99. The van der Waals surface area contributed by atoms with Crippen LogP contribution in [0, 0.1) is 5.82 Å². The van der Waals surface area contributed by atoms with Crippen LogP contribution in [0.2, 0.25) is 0 Å². The maximum absolute atomic E-state index is 13.3. The van der Waals surface area contributed by atoms with Gasteiger partial charge in [0, 0.05) is 23.3 Å². The normalized spacial score (nSPS) is 13.9. The molecule has 5 heteroatoms. The molecule has 0 aliphatic carbocycles. The van der Waals surface area contributed by atoms with E-state index in [1.54, 1.807) is 31.5 Å². The summed E-state index contributed by atoms with van der Waals surface area (Å²) >= 11 is 1.35. The third-order valence-electron chi connectivity index (χ3n) is 3.28. The van der Waals surface area contributed by atoms with Gasteiger partial charge in [0.25, 0.3) is 0 Å². The summed E-state index contributed by atoms with van der Waals surface area (Å²) in [5, 5.41) is 13.1. The lowest BCUT2D eigenvalue weighted by atomic mass is 9.97. The number of thiazole rings is 1. The number of benzene rings is 1. The third-order valence-corrected chi connectivity index (χ3v) is 4.34. The van der Waals surface area contributed by atoms with Crippen molar-refractivity contribution in [1.29, 1.82) is 0 Å². The zero-order valence-electron chi connectivity index (χ0n) is 11.3. The van der Waals surface area contributed by atoms with Crippen LogP contribution < -0.4 is 0 Å². The summed E-state index contributed by atoms with van der Waals surface area (Å²) in [5.74, 6) is -0.376. The molecule has 0 saturated heterocycles. The van der Waals surface area contributed by atoms with Gasteiger partial charge in [-0.2, -0.15) is 0 Å². The van der Waals surface area contributed by atoms with E-state index in [1.165, 1.54) is 23.5 Å². The van der Waals surface area contributed by atoms with Gasteiger partial charge in [-0.1, -0.05) is 12.1 Å². The number of hydrogen-bond acceptors (Lipinski definition) is 4. The smallest absolute Gasteiger partial charge is 0.138 e. The number of hydrogen-bond donors (Lipinski definition) is 1. The molecule has 1 N–H and O–H groups in total. The average Bonchev–Trinajstić information content (AvgIpc) is 2.99. The molecule has 1 atom stereocenters. The van der Waals surface area contributed by atoms with Gasteiger partial charge in [0.15, 0.2) is 0 Å².